The van der Waals surface area contributed by atoms with Crippen LogP contribution in [0.4, 0.5) is 19.1 Å². The third kappa shape index (κ3) is 2.73. The van der Waals surface area contributed by atoms with Gasteiger partial charge in [-0.25, -0.2) is 9.48 Å². The molecule has 3 rings (SSSR count). The minimum absolute atomic E-state index is 0.0454. The number of nitrogens with zero attached hydrogens (tertiary/aromatic N) is 3. The molecule has 0 bridgehead atoms. The number of aryl methyl sites for hydroxylation is 1. The number of carboxylic acids is 1. The van der Waals surface area contributed by atoms with Gasteiger partial charge in [0.25, 0.3) is 0 Å². The SMILES string of the molecule is Nc1nc2n(n1)C(C(=O)O)C(c1cccc(C(F)(F)F)c1)CC2. The van der Waals surface area contributed by atoms with Crippen molar-refractivity contribution in [1.82, 2.24) is 14.8 Å². The molecule has 2 heterocycles. The molecule has 0 saturated carbocycles. The van der Waals surface area contributed by atoms with E-state index in [1.807, 2.05) is 0 Å². The molecule has 0 spiro atoms. The number of anilines is 1. The summed E-state index contributed by atoms with van der Waals surface area (Å²) in [6.07, 6.45) is -3.72. The molecular formula is C14H13F3N4O2. The van der Waals surface area contributed by atoms with Gasteiger partial charge < -0.3 is 10.8 Å². The highest BCUT2D eigenvalue weighted by Gasteiger charge is 2.39. The predicted octanol–water partition coefficient (Wildman–Crippen LogP) is 2.23. The fourth-order valence-electron chi connectivity index (χ4n) is 2.95. The third-order valence-electron chi connectivity index (χ3n) is 3.94. The smallest absolute Gasteiger partial charge is 0.416 e. The molecule has 1 aliphatic rings. The number of carboxylic acid groups (broad SMARTS) is 1. The lowest BCUT2D eigenvalue weighted by Crippen LogP contribution is -2.32. The average molecular weight is 326 g/mol. The van der Waals surface area contributed by atoms with E-state index in [1.54, 1.807) is 0 Å². The second-order valence-electron chi connectivity index (χ2n) is 5.38. The van der Waals surface area contributed by atoms with Crippen molar-refractivity contribution in [1.29, 1.82) is 0 Å². The number of carbonyl (C=O) groups is 1. The first-order chi connectivity index (χ1) is 10.8. The van der Waals surface area contributed by atoms with Crippen LogP contribution in [0, 0.1) is 0 Å². The van der Waals surface area contributed by atoms with E-state index in [1.165, 1.54) is 16.8 Å². The van der Waals surface area contributed by atoms with E-state index in [4.69, 9.17) is 5.73 Å². The quantitative estimate of drug-likeness (QED) is 0.882. The molecule has 1 aliphatic heterocycles. The Morgan fingerprint density at radius 3 is 2.78 bits per heavy atom. The number of aromatic nitrogens is 3. The number of rotatable bonds is 2. The number of hydrogen-bond acceptors (Lipinski definition) is 4. The largest absolute Gasteiger partial charge is 0.480 e. The summed E-state index contributed by atoms with van der Waals surface area (Å²) < 4.78 is 39.8. The Balaban J connectivity index is 2.04. The highest BCUT2D eigenvalue weighted by atomic mass is 19.4. The molecule has 0 aliphatic carbocycles. The number of nitrogens with two attached hydrogens (primary N) is 1. The molecule has 6 nitrogen and oxygen atoms in total. The summed E-state index contributed by atoms with van der Waals surface area (Å²) in [6.45, 7) is 0. The molecule has 2 atom stereocenters. The van der Waals surface area contributed by atoms with Gasteiger partial charge in [-0.05, 0) is 18.1 Å². The van der Waals surface area contributed by atoms with Crippen molar-refractivity contribution in [3.8, 4) is 0 Å². The van der Waals surface area contributed by atoms with Crippen LogP contribution in [0.3, 0.4) is 0 Å². The topological polar surface area (TPSA) is 94.0 Å². The van der Waals surface area contributed by atoms with Crippen LogP contribution >= 0.6 is 0 Å². The van der Waals surface area contributed by atoms with Gasteiger partial charge in [0.05, 0.1) is 5.56 Å². The maximum Gasteiger partial charge on any atom is 0.416 e. The highest BCUT2D eigenvalue weighted by molar-refractivity contribution is 5.73. The van der Waals surface area contributed by atoms with Crippen LogP contribution < -0.4 is 5.73 Å². The van der Waals surface area contributed by atoms with Gasteiger partial charge in [-0.1, -0.05) is 18.2 Å². The minimum atomic E-state index is -4.48. The Morgan fingerprint density at radius 2 is 2.13 bits per heavy atom. The predicted molar refractivity (Wildman–Crippen MR) is 73.6 cm³/mol. The first-order valence-electron chi connectivity index (χ1n) is 6.88. The number of aliphatic carboxylic acids is 1. The number of hydrogen-bond donors (Lipinski definition) is 2. The van der Waals surface area contributed by atoms with Crippen LogP contribution in [-0.2, 0) is 17.4 Å². The van der Waals surface area contributed by atoms with Crippen molar-refractivity contribution in [3.63, 3.8) is 0 Å². The van der Waals surface area contributed by atoms with E-state index in [2.05, 4.69) is 10.1 Å². The Morgan fingerprint density at radius 1 is 1.39 bits per heavy atom. The number of fused-ring (bicyclic) bond motifs is 1. The number of benzene rings is 1. The number of alkyl halides is 3. The first kappa shape index (κ1) is 15.3. The summed E-state index contributed by atoms with van der Waals surface area (Å²) in [5.41, 5.74) is 5.01. The maximum atomic E-state index is 12.9. The van der Waals surface area contributed by atoms with Crippen molar-refractivity contribution in [3.05, 3.63) is 41.2 Å². The van der Waals surface area contributed by atoms with Crippen LogP contribution in [0.1, 0.15) is 35.3 Å². The number of nitrogen functional groups attached to an aromatic ring is 1. The fourth-order valence-corrected chi connectivity index (χ4v) is 2.95. The highest BCUT2D eigenvalue weighted by Crippen LogP contribution is 2.39. The summed E-state index contributed by atoms with van der Waals surface area (Å²) in [4.78, 5) is 15.6. The van der Waals surface area contributed by atoms with Crippen molar-refractivity contribution in [2.24, 2.45) is 0 Å². The summed E-state index contributed by atoms with van der Waals surface area (Å²) in [5.74, 6) is -1.43. The minimum Gasteiger partial charge on any atom is -0.480 e. The summed E-state index contributed by atoms with van der Waals surface area (Å²) in [5, 5.41) is 13.4. The Kier molecular flexibility index (Phi) is 3.50. The zero-order valence-corrected chi connectivity index (χ0v) is 11.8. The Labute approximate surface area is 128 Å². The van der Waals surface area contributed by atoms with Crippen LogP contribution in [0.25, 0.3) is 0 Å². The standard InChI is InChI=1S/C14H13F3N4O2/c15-14(16,17)8-3-1-2-7(6-8)9-4-5-10-19-13(18)20-21(10)11(9)12(22)23/h1-3,6,9,11H,4-5H2,(H2,18,20)(H,22,23). The van der Waals surface area contributed by atoms with Gasteiger partial charge in [0.15, 0.2) is 6.04 Å². The van der Waals surface area contributed by atoms with Gasteiger partial charge in [-0.3, -0.25) is 0 Å². The molecule has 0 saturated heterocycles. The van der Waals surface area contributed by atoms with E-state index in [9.17, 15) is 23.1 Å². The third-order valence-corrected chi connectivity index (χ3v) is 3.94. The lowest BCUT2D eigenvalue weighted by atomic mass is 9.84. The summed E-state index contributed by atoms with van der Waals surface area (Å²) >= 11 is 0. The van der Waals surface area contributed by atoms with Crippen LogP contribution in [-0.4, -0.2) is 25.8 Å². The summed E-state index contributed by atoms with van der Waals surface area (Å²) in [6, 6.07) is 3.60. The molecule has 1 aromatic carbocycles. The maximum absolute atomic E-state index is 12.9. The van der Waals surface area contributed by atoms with Crippen molar-refractivity contribution >= 4 is 11.9 Å². The van der Waals surface area contributed by atoms with Gasteiger partial charge in [0.2, 0.25) is 5.95 Å². The molecule has 3 N–H and O–H groups in total. The second kappa shape index (κ2) is 5.25. The zero-order chi connectivity index (χ0) is 16.8. The zero-order valence-electron chi connectivity index (χ0n) is 11.8. The monoisotopic (exact) mass is 326 g/mol. The molecule has 9 heteroatoms. The lowest BCUT2D eigenvalue weighted by molar-refractivity contribution is -0.142. The molecule has 0 radical (unpaired) electrons. The average Bonchev–Trinajstić information content (AvgIpc) is 2.85. The molecule has 2 aromatic rings. The van der Waals surface area contributed by atoms with Gasteiger partial charge >= 0.3 is 12.1 Å². The Bertz CT molecular complexity index is 757. The lowest BCUT2D eigenvalue weighted by Gasteiger charge is -2.29. The van der Waals surface area contributed by atoms with E-state index in [0.717, 1.165) is 12.1 Å². The van der Waals surface area contributed by atoms with Crippen molar-refractivity contribution < 1.29 is 23.1 Å². The van der Waals surface area contributed by atoms with Gasteiger partial charge in [-0.2, -0.15) is 18.2 Å². The normalized spacial score (nSPS) is 21.0. The van der Waals surface area contributed by atoms with Gasteiger partial charge in [-0.15, -0.1) is 5.10 Å². The van der Waals surface area contributed by atoms with Crippen LogP contribution in [0.5, 0.6) is 0 Å². The molecule has 2 unspecified atom stereocenters. The molecule has 23 heavy (non-hydrogen) atoms. The molecule has 1 aromatic heterocycles. The second-order valence-corrected chi connectivity index (χ2v) is 5.38. The van der Waals surface area contributed by atoms with E-state index in [-0.39, 0.29) is 5.95 Å². The number of halogens is 3. The van der Waals surface area contributed by atoms with E-state index in [0.29, 0.717) is 24.2 Å². The van der Waals surface area contributed by atoms with Gasteiger partial charge in [0, 0.05) is 12.3 Å². The molecule has 122 valence electrons. The molecular weight excluding hydrogens is 313 g/mol. The van der Waals surface area contributed by atoms with Crippen LogP contribution in [0.15, 0.2) is 24.3 Å². The van der Waals surface area contributed by atoms with Crippen molar-refractivity contribution in [2.45, 2.75) is 31.0 Å². The van der Waals surface area contributed by atoms with E-state index >= 15 is 0 Å². The first-order valence-corrected chi connectivity index (χ1v) is 6.88. The van der Waals surface area contributed by atoms with Crippen molar-refractivity contribution in [2.75, 3.05) is 5.73 Å². The fraction of sp³-hybridized carbons (Fsp3) is 0.357. The van der Waals surface area contributed by atoms with Crippen LogP contribution in [0.2, 0.25) is 0 Å². The molecule has 0 fully saturated rings. The van der Waals surface area contributed by atoms with E-state index < -0.39 is 29.7 Å². The van der Waals surface area contributed by atoms with Gasteiger partial charge in [0.1, 0.15) is 5.82 Å². The summed E-state index contributed by atoms with van der Waals surface area (Å²) in [7, 11) is 0. The molecule has 0 amide bonds. The Hall–Kier alpha value is -2.58.